The second kappa shape index (κ2) is 8.60. The van der Waals surface area contributed by atoms with Gasteiger partial charge in [0.15, 0.2) is 0 Å². The van der Waals surface area contributed by atoms with E-state index in [1.54, 1.807) is 0 Å². The van der Waals surface area contributed by atoms with Crippen LogP contribution in [-0.2, 0) is 10.8 Å². The second-order valence-electron chi connectivity index (χ2n) is 13.2. The number of rotatable bonds is 2. The number of fused-ring (bicyclic) bond motifs is 6. The Labute approximate surface area is 236 Å². The molecule has 2 aromatic heterocycles. The van der Waals surface area contributed by atoms with E-state index in [1.165, 1.54) is 66.1 Å². The molecule has 198 valence electrons. The number of para-hydroxylation sites is 2. The minimum absolute atomic E-state index is 0.0745. The highest BCUT2D eigenvalue weighted by atomic mass is 15.0. The summed E-state index contributed by atoms with van der Waals surface area (Å²) in [5.74, 6) is 0. The summed E-state index contributed by atoms with van der Waals surface area (Å²) in [6, 6.07) is 40.6. The minimum atomic E-state index is 0.0745. The maximum absolute atomic E-state index is 2.44. The van der Waals surface area contributed by atoms with E-state index < -0.39 is 0 Å². The molecule has 0 N–H and O–H groups in total. The van der Waals surface area contributed by atoms with Crippen molar-refractivity contribution in [3.63, 3.8) is 0 Å². The molecule has 40 heavy (non-hydrogen) atoms. The van der Waals surface area contributed by atoms with Crippen LogP contribution in [0.2, 0.25) is 0 Å². The Kier molecular flexibility index (Phi) is 5.31. The van der Waals surface area contributed by atoms with Crippen LogP contribution in [0.4, 0.5) is 0 Å². The zero-order valence-electron chi connectivity index (χ0n) is 24.3. The molecule has 0 radical (unpaired) electrons. The normalized spacial score (nSPS) is 12.8. The standard InChI is InChI=1S/C38H36N2/c1-37(2,3)25-18-20-31-29-14-7-9-16-33(29)39(35(31)22-25)27-12-11-13-28(24-27)40-34-17-10-8-15-30(34)32-21-19-26(23-36(32)40)38(4,5)6/h7-24H,1-6H3. The van der Waals surface area contributed by atoms with Crippen molar-refractivity contribution < 1.29 is 0 Å². The number of hydrogen-bond acceptors (Lipinski definition) is 0. The van der Waals surface area contributed by atoms with Crippen molar-refractivity contribution in [1.29, 1.82) is 0 Å². The lowest BCUT2D eigenvalue weighted by atomic mass is 9.86. The summed E-state index contributed by atoms with van der Waals surface area (Å²) < 4.78 is 4.88. The Morgan fingerprint density at radius 3 is 1.20 bits per heavy atom. The lowest BCUT2D eigenvalue weighted by Gasteiger charge is -2.20. The van der Waals surface area contributed by atoms with E-state index in [9.17, 15) is 0 Å². The number of benzene rings is 5. The first-order chi connectivity index (χ1) is 19.1. The Bertz CT molecular complexity index is 1920. The Balaban J connectivity index is 1.53. The van der Waals surface area contributed by atoms with Crippen molar-refractivity contribution in [3.05, 3.63) is 120 Å². The monoisotopic (exact) mass is 520 g/mol. The van der Waals surface area contributed by atoms with E-state index in [2.05, 4.69) is 160 Å². The summed E-state index contributed by atoms with van der Waals surface area (Å²) in [6.07, 6.45) is 0. The van der Waals surface area contributed by atoms with E-state index in [-0.39, 0.29) is 10.8 Å². The highest BCUT2D eigenvalue weighted by Crippen LogP contribution is 2.38. The first-order valence-corrected chi connectivity index (χ1v) is 14.3. The quantitative estimate of drug-likeness (QED) is 0.215. The van der Waals surface area contributed by atoms with E-state index in [0.29, 0.717) is 0 Å². The lowest BCUT2D eigenvalue weighted by Crippen LogP contribution is -2.11. The Morgan fingerprint density at radius 1 is 0.375 bits per heavy atom. The van der Waals surface area contributed by atoms with E-state index in [4.69, 9.17) is 0 Å². The average molecular weight is 521 g/mol. The molecule has 0 spiro atoms. The fourth-order valence-corrected chi connectivity index (χ4v) is 6.20. The fraction of sp³-hybridized carbons (Fsp3) is 0.211. The third-order valence-corrected chi connectivity index (χ3v) is 8.43. The maximum atomic E-state index is 2.44. The molecule has 7 aromatic rings. The van der Waals surface area contributed by atoms with Crippen LogP contribution in [0.25, 0.3) is 55.0 Å². The minimum Gasteiger partial charge on any atom is -0.309 e. The molecule has 2 nitrogen and oxygen atoms in total. The summed E-state index contributed by atoms with van der Waals surface area (Å²) in [6.45, 7) is 13.7. The molecule has 0 saturated carbocycles. The second-order valence-corrected chi connectivity index (χ2v) is 13.2. The van der Waals surface area contributed by atoms with Crippen molar-refractivity contribution in [2.24, 2.45) is 0 Å². The Hall–Kier alpha value is -4.30. The van der Waals surface area contributed by atoms with Gasteiger partial charge in [0.05, 0.1) is 22.1 Å². The highest BCUT2D eigenvalue weighted by Gasteiger charge is 2.20. The summed E-state index contributed by atoms with van der Waals surface area (Å²) in [5, 5.41) is 5.16. The zero-order valence-corrected chi connectivity index (χ0v) is 24.3. The average Bonchev–Trinajstić information content (AvgIpc) is 3.44. The van der Waals surface area contributed by atoms with Gasteiger partial charge < -0.3 is 9.13 Å². The van der Waals surface area contributed by atoms with Gasteiger partial charge in [-0.3, -0.25) is 0 Å². The maximum Gasteiger partial charge on any atom is 0.0544 e. The van der Waals surface area contributed by atoms with Gasteiger partial charge in [-0.1, -0.05) is 108 Å². The van der Waals surface area contributed by atoms with Gasteiger partial charge in [0, 0.05) is 32.9 Å². The SMILES string of the molecule is CC(C)(C)c1ccc2c3ccccc3n(-c3cccc(-n4c5ccccc5c5ccc(C(C)(C)C)cc54)c3)c2c1. The van der Waals surface area contributed by atoms with Crippen molar-refractivity contribution >= 4 is 43.6 Å². The lowest BCUT2D eigenvalue weighted by molar-refractivity contribution is 0.590. The summed E-state index contributed by atoms with van der Waals surface area (Å²) in [4.78, 5) is 0. The number of hydrogen-bond donors (Lipinski definition) is 0. The molecular weight excluding hydrogens is 484 g/mol. The van der Waals surface area contributed by atoms with Gasteiger partial charge in [-0.05, 0) is 64.4 Å². The van der Waals surface area contributed by atoms with E-state index in [1.807, 2.05) is 0 Å². The number of nitrogens with zero attached hydrogens (tertiary/aromatic N) is 2. The molecule has 0 saturated heterocycles. The molecule has 0 bridgehead atoms. The van der Waals surface area contributed by atoms with Crippen molar-refractivity contribution in [1.82, 2.24) is 9.13 Å². The van der Waals surface area contributed by atoms with Gasteiger partial charge in [0.2, 0.25) is 0 Å². The molecule has 2 heterocycles. The van der Waals surface area contributed by atoms with E-state index >= 15 is 0 Å². The molecule has 7 rings (SSSR count). The molecule has 5 aromatic carbocycles. The predicted molar refractivity (Wildman–Crippen MR) is 173 cm³/mol. The number of aromatic nitrogens is 2. The highest BCUT2D eigenvalue weighted by molar-refractivity contribution is 6.10. The first kappa shape index (κ1) is 24.7. The van der Waals surface area contributed by atoms with Crippen LogP contribution in [0.1, 0.15) is 52.7 Å². The van der Waals surface area contributed by atoms with E-state index in [0.717, 1.165) is 0 Å². The smallest absolute Gasteiger partial charge is 0.0544 e. The molecule has 0 aliphatic heterocycles. The van der Waals surface area contributed by atoms with Crippen LogP contribution in [-0.4, -0.2) is 9.13 Å². The molecule has 0 aliphatic carbocycles. The predicted octanol–water partition coefficient (Wildman–Crippen LogP) is 10.5. The third-order valence-electron chi connectivity index (χ3n) is 8.43. The fourth-order valence-electron chi connectivity index (χ4n) is 6.20. The van der Waals surface area contributed by atoms with Gasteiger partial charge >= 0.3 is 0 Å². The van der Waals surface area contributed by atoms with Crippen LogP contribution in [0, 0.1) is 0 Å². The van der Waals surface area contributed by atoms with Crippen LogP contribution in [0.3, 0.4) is 0 Å². The van der Waals surface area contributed by atoms with Crippen molar-refractivity contribution in [2.75, 3.05) is 0 Å². The van der Waals surface area contributed by atoms with Crippen LogP contribution in [0.5, 0.6) is 0 Å². The molecule has 0 amide bonds. The Morgan fingerprint density at radius 2 is 0.775 bits per heavy atom. The van der Waals surface area contributed by atoms with Crippen LogP contribution < -0.4 is 0 Å². The van der Waals surface area contributed by atoms with Gasteiger partial charge in [-0.25, -0.2) is 0 Å². The topological polar surface area (TPSA) is 9.86 Å². The van der Waals surface area contributed by atoms with Crippen LogP contribution >= 0.6 is 0 Å². The van der Waals surface area contributed by atoms with Crippen molar-refractivity contribution in [2.45, 2.75) is 52.4 Å². The molecule has 2 heteroatoms. The summed E-state index contributed by atoms with van der Waals surface area (Å²) in [5.41, 5.74) is 10.2. The van der Waals surface area contributed by atoms with Gasteiger partial charge in [0.25, 0.3) is 0 Å². The largest absolute Gasteiger partial charge is 0.309 e. The molecule has 0 aliphatic rings. The molecule has 0 atom stereocenters. The molecular formula is C38H36N2. The first-order valence-electron chi connectivity index (χ1n) is 14.3. The molecule has 0 unspecified atom stereocenters. The molecule has 0 fully saturated rings. The van der Waals surface area contributed by atoms with Crippen molar-refractivity contribution in [3.8, 4) is 11.4 Å². The zero-order chi connectivity index (χ0) is 27.8. The summed E-state index contributed by atoms with van der Waals surface area (Å²) in [7, 11) is 0. The third kappa shape index (κ3) is 3.78. The van der Waals surface area contributed by atoms with Crippen LogP contribution in [0.15, 0.2) is 109 Å². The van der Waals surface area contributed by atoms with Gasteiger partial charge in [-0.15, -0.1) is 0 Å². The van der Waals surface area contributed by atoms with Gasteiger partial charge in [-0.2, -0.15) is 0 Å². The van der Waals surface area contributed by atoms with Gasteiger partial charge in [0.1, 0.15) is 0 Å². The summed E-state index contributed by atoms with van der Waals surface area (Å²) >= 11 is 0.